The van der Waals surface area contributed by atoms with E-state index in [0.717, 1.165) is 6.54 Å². The number of benzene rings is 1. The molecule has 19 heavy (non-hydrogen) atoms. The zero-order valence-electron chi connectivity index (χ0n) is 12.4. The van der Waals surface area contributed by atoms with Crippen molar-refractivity contribution < 1.29 is 0 Å². The molecule has 0 aromatic heterocycles. The Morgan fingerprint density at radius 2 is 2.11 bits per heavy atom. The first-order valence-electron chi connectivity index (χ1n) is 7.15. The summed E-state index contributed by atoms with van der Waals surface area (Å²) >= 11 is 2.11. The van der Waals surface area contributed by atoms with E-state index in [9.17, 15) is 0 Å². The average molecular weight is 278 g/mol. The molecule has 3 heteroatoms. The summed E-state index contributed by atoms with van der Waals surface area (Å²) in [6.07, 6.45) is 1.28. The van der Waals surface area contributed by atoms with Gasteiger partial charge in [-0.1, -0.05) is 32.0 Å². The molecular weight excluding hydrogens is 252 g/mol. The molecule has 2 rings (SSSR count). The van der Waals surface area contributed by atoms with E-state index < -0.39 is 0 Å². The zero-order valence-corrected chi connectivity index (χ0v) is 13.2. The van der Waals surface area contributed by atoms with E-state index >= 15 is 0 Å². The van der Waals surface area contributed by atoms with E-state index in [-0.39, 0.29) is 0 Å². The highest BCUT2D eigenvalue weighted by atomic mass is 32.2. The summed E-state index contributed by atoms with van der Waals surface area (Å²) in [7, 11) is 0. The van der Waals surface area contributed by atoms with Crippen molar-refractivity contribution in [1.29, 1.82) is 0 Å². The lowest BCUT2D eigenvalue weighted by Gasteiger charge is -2.23. The van der Waals surface area contributed by atoms with Gasteiger partial charge in [0.15, 0.2) is 0 Å². The molecule has 1 aromatic carbocycles. The molecule has 0 atom stereocenters. The van der Waals surface area contributed by atoms with Crippen LogP contribution in [-0.4, -0.2) is 28.5 Å². The van der Waals surface area contributed by atoms with Crippen LogP contribution in [0.1, 0.15) is 37.0 Å². The van der Waals surface area contributed by atoms with Gasteiger partial charge >= 0.3 is 0 Å². The van der Waals surface area contributed by atoms with Gasteiger partial charge in [-0.25, -0.2) is 0 Å². The number of aryl methyl sites for hydroxylation is 1. The number of hydrogen-bond acceptors (Lipinski definition) is 3. The molecule has 2 N–H and O–H groups in total. The van der Waals surface area contributed by atoms with Gasteiger partial charge in [0.2, 0.25) is 0 Å². The number of nitrogens with zero attached hydrogens (tertiary/aromatic N) is 1. The first-order valence-corrected chi connectivity index (χ1v) is 8.13. The van der Waals surface area contributed by atoms with E-state index in [2.05, 4.69) is 55.6 Å². The summed E-state index contributed by atoms with van der Waals surface area (Å²) in [6.45, 7) is 11.0. The third-order valence-corrected chi connectivity index (χ3v) is 5.34. The molecule has 0 aliphatic carbocycles. The maximum absolute atomic E-state index is 5.69. The predicted molar refractivity (Wildman–Crippen MR) is 85.5 cm³/mol. The Hall–Kier alpha value is -0.510. The minimum atomic E-state index is 0.438. The van der Waals surface area contributed by atoms with Crippen molar-refractivity contribution in [3.63, 3.8) is 0 Å². The molecule has 0 unspecified atom stereocenters. The Labute approximate surface area is 121 Å². The number of thioether (sulfide) groups is 1. The predicted octanol–water partition coefficient (Wildman–Crippen LogP) is 3.17. The van der Waals surface area contributed by atoms with Gasteiger partial charge in [0.25, 0.3) is 0 Å². The minimum Gasteiger partial charge on any atom is -0.326 e. The van der Waals surface area contributed by atoms with Crippen molar-refractivity contribution in [1.82, 2.24) is 4.90 Å². The molecule has 0 bridgehead atoms. The second-order valence-electron chi connectivity index (χ2n) is 6.10. The first-order chi connectivity index (χ1) is 9.00. The molecule has 1 aromatic rings. The highest BCUT2D eigenvalue weighted by Crippen LogP contribution is 2.31. The smallest absolute Gasteiger partial charge is 0.0236 e. The molecule has 1 aliphatic heterocycles. The molecule has 1 heterocycles. The topological polar surface area (TPSA) is 29.3 Å². The standard InChI is InChI=1S/C16H26N2S/c1-13-10-14(11-17)4-5-15(13)12-18-7-6-16(2,3)19-9-8-18/h4-5,10H,6-9,11-12,17H2,1-3H3. The third-order valence-electron chi connectivity index (χ3n) is 3.97. The summed E-state index contributed by atoms with van der Waals surface area (Å²) in [5, 5.41) is 0. The van der Waals surface area contributed by atoms with Crippen LogP contribution in [0.5, 0.6) is 0 Å². The lowest BCUT2D eigenvalue weighted by atomic mass is 10.0. The molecule has 0 spiro atoms. The fraction of sp³-hybridized carbons (Fsp3) is 0.625. The Morgan fingerprint density at radius 1 is 1.32 bits per heavy atom. The summed E-state index contributed by atoms with van der Waals surface area (Å²) in [6, 6.07) is 6.64. The second-order valence-corrected chi connectivity index (χ2v) is 7.90. The van der Waals surface area contributed by atoms with E-state index in [1.807, 2.05) is 0 Å². The van der Waals surface area contributed by atoms with E-state index in [0.29, 0.717) is 11.3 Å². The molecule has 2 nitrogen and oxygen atoms in total. The average Bonchev–Trinajstić information content (AvgIpc) is 2.53. The fourth-order valence-corrected chi connectivity index (χ4v) is 3.66. The zero-order chi connectivity index (χ0) is 13.9. The molecule has 1 saturated heterocycles. The lowest BCUT2D eigenvalue weighted by Crippen LogP contribution is -2.27. The van der Waals surface area contributed by atoms with Gasteiger partial charge in [0, 0.05) is 30.1 Å². The summed E-state index contributed by atoms with van der Waals surface area (Å²) in [5.41, 5.74) is 9.74. The Morgan fingerprint density at radius 3 is 2.79 bits per heavy atom. The molecule has 106 valence electrons. The van der Waals surface area contributed by atoms with Crippen LogP contribution >= 0.6 is 11.8 Å². The van der Waals surface area contributed by atoms with Crippen LogP contribution in [0.4, 0.5) is 0 Å². The van der Waals surface area contributed by atoms with Crippen molar-refractivity contribution in [3.05, 3.63) is 34.9 Å². The molecule has 1 fully saturated rings. The van der Waals surface area contributed by atoms with Crippen molar-refractivity contribution in [2.24, 2.45) is 5.73 Å². The van der Waals surface area contributed by atoms with Crippen LogP contribution in [0, 0.1) is 6.92 Å². The van der Waals surface area contributed by atoms with Crippen LogP contribution in [0.2, 0.25) is 0 Å². The van der Waals surface area contributed by atoms with Gasteiger partial charge in [0.05, 0.1) is 0 Å². The highest BCUT2D eigenvalue weighted by molar-refractivity contribution is 8.00. The Kier molecular flexibility index (Phi) is 4.93. The fourth-order valence-electron chi connectivity index (χ4n) is 2.52. The SMILES string of the molecule is Cc1cc(CN)ccc1CN1CCSC(C)(C)CC1. The van der Waals surface area contributed by atoms with Gasteiger partial charge < -0.3 is 5.73 Å². The Balaban J connectivity index is 2.01. The highest BCUT2D eigenvalue weighted by Gasteiger charge is 2.23. The van der Waals surface area contributed by atoms with Crippen molar-refractivity contribution >= 4 is 11.8 Å². The van der Waals surface area contributed by atoms with Gasteiger partial charge in [-0.05, 0) is 36.6 Å². The lowest BCUT2D eigenvalue weighted by molar-refractivity contribution is 0.276. The maximum atomic E-state index is 5.69. The van der Waals surface area contributed by atoms with Crippen molar-refractivity contribution in [3.8, 4) is 0 Å². The molecule has 1 aliphatic rings. The van der Waals surface area contributed by atoms with Gasteiger partial charge in [-0.15, -0.1) is 0 Å². The molecular formula is C16H26N2S. The number of nitrogens with two attached hydrogens (primary N) is 1. The van der Waals surface area contributed by atoms with Gasteiger partial charge in [0.1, 0.15) is 0 Å². The third kappa shape index (κ3) is 4.23. The maximum Gasteiger partial charge on any atom is 0.0236 e. The van der Waals surface area contributed by atoms with E-state index in [1.54, 1.807) is 0 Å². The normalized spacial score (nSPS) is 20.2. The molecule has 0 radical (unpaired) electrons. The minimum absolute atomic E-state index is 0.438. The first kappa shape index (κ1) is 14.9. The summed E-state index contributed by atoms with van der Waals surface area (Å²) in [4.78, 5) is 2.59. The number of hydrogen-bond donors (Lipinski definition) is 1. The van der Waals surface area contributed by atoms with E-state index in [1.165, 1.54) is 42.0 Å². The summed E-state index contributed by atoms with van der Waals surface area (Å²) < 4.78 is 0.438. The largest absolute Gasteiger partial charge is 0.326 e. The monoisotopic (exact) mass is 278 g/mol. The van der Waals surface area contributed by atoms with Gasteiger partial charge in [-0.3, -0.25) is 4.90 Å². The van der Waals surface area contributed by atoms with Crippen LogP contribution in [-0.2, 0) is 13.1 Å². The molecule has 0 amide bonds. The Bertz CT molecular complexity index is 429. The van der Waals surface area contributed by atoms with Crippen LogP contribution in [0.15, 0.2) is 18.2 Å². The molecule has 0 saturated carbocycles. The van der Waals surface area contributed by atoms with Crippen LogP contribution < -0.4 is 5.73 Å². The summed E-state index contributed by atoms with van der Waals surface area (Å²) in [5.74, 6) is 1.24. The van der Waals surface area contributed by atoms with E-state index in [4.69, 9.17) is 5.73 Å². The van der Waals surface area contributed by atoms with Crippen LogP contribution in [0.3, 0.4) is 0 Å². The second kappa shape index (κ2) is 6.29. The van der Waals surface area contributed by atoms with Gasteiger partial charge in [-0.2, -0.15) is 11.8 Å². The van der Waals surface area contributed by atoms with Crippen molar-refractivity contribution in [2.75, 3.05) is 18.8 Å². The number of rotatable bonds is 3. The van der Waals surface area contributed by atoms with Crippen molar-refractivity contribution in [2.45, 2.75) is 45.0 Å². The van der Waals surface area contributed by atoms with Crippen LogP contribution in [0.25, 0.3) is 0 Å². The quantitative estimate of drug-likeness (QED) is 0.921.